The summed E-state index contributed by atoms with van der Waals surface area (Å²) in [5.41, 5.74) is 1.96. The molecule has 0 atom stereocenters. The fourth-order valence-corrected chi connectivity index (χ4v) is 2.53. The van der Waals surface area contributed by atoms with E-state index in [9.17, 15) is 4.79 Å². The monoisotopic (exact) mass is 294 g/mol. The van der Waals surface area contributed by atoms with Gasteiger partial charge in [-0.1, -0.05) is 28.9 Å². The summed E-state index contributed by atoms with van der Waals surface area (Å²) in [6.45, 7) is 1.69. The first-order valence-electron chi connectivity index (χ1n) is 5.45. The summed E-state index contributed by atoms with van der Waals surface area (Å²) in [5, 5.41) is 16.7. The number of halogens is 1. The number of oxime groups is 1. The number of hydrogen-bond acceptors (Lipinski definition) is 4. The van der Waals surface area contributed by atoms with Crippen molar-refractivity contribution in [1.82, 2.24) is 0 Å². The maximum atomic E-state index is 11.9. The van der Waals surface area contributed by atoms with Crippen LogP contribution < -0.4 is 5.32 Å². The fraction of sp³-hybridized carbons (Fsp3) is 0.0769. The minimum atomic E-state index is -0.236. The maximum absolute atomic E-state index is 11.9. The van der Waals surface area contributed by atoms with Gasteiger partial charge in [-0.15, -0.1) is 11.3 Å². The zero-order valence-electron chi connectivity index (χ0n) is 10.1. The molecule has 6 heteroatoms. The van der Waals surface area contributed by atoms with Gasteiger partial charge >= 0.3 is 0 Å². The molecule has 0 aliphatic heterocycles. The molecule has 2 rings (SSSR count). The van der Waals surface area contributed by atoms with Crippen LogP contribution in [0.1, 0.15) is 22.2 Å². The summed E-state index contributed by atoms with van der Waals surface area (Å²) in [4.78, 5) is 12.4. The smallest absolute Gasteiger partial charge is 0.267 e. The van der Waals surface area contributed by atoms with Crippen molar-refractivity contribution in [2.75, 3.05) is 5.32 Å². The molecule has 1 heterocycles. The van der Waals surface area contributed by atoms with Crippen molar-refractivity contribution in [2.45, 2.75) is 6.92 Å². The van der Waals surface area contributed by atoms with E-state index in [0.29, 0.717) is 21.3 Å². The van der Waals surface area contributed by atoms with E-state index in [-0.39, 0.29) is 5.91 Å². The Balaban J connectivity index is 2.12. The van der Waals surface area contributed by atoms with Crippen molar-refractivity contribution >= 4 is 40.2 Å². The van der Waals surface area contributed by atoms with Gasteiger partial charge in [-0.3, -0.25) is 4.79 Å². The molecule has 0 spiro atoms. The Hall–Kier alpha value is -1.85. The van der Waals surface area contributed by atoms with Gasteiger partial charge in [0, 0.05) is 5.69 Å². The van der Waals surface area contributed by atoms with E-state index in [2.05, 4.69) is 10.5 Å². The van der Waals surface area contributed by atoms with Crippen molar-refractivity contribution in [1.29, 1.82) is 0 Å². The highest BCUT2D eigenvalue weighted by Crippen LogP contribution is 2.23. The number of amides is 1. The first-order valence-corrected chi connectivity index (χ1v) is 6.71. The SMILES string of the molecule is C/C(=N/O)c1ccc(NC(=O)c2sccc2Cl)cc1. The van der Waals surface area contributed by atoms with Gasteiger partial charge in [-0.05, 0) is 36.1 Å². The molecule has 4 nitrogen and oxygen atoms in total. The van der Waals surface area contributed by atoms with Crippen LogP contribution >= 0.6 is 22.9 Å². The molecule has 0 unspecified atom stereocenters. The molecule has 0 fully saturated rings. The third-order valence-corrected chi connectivity index (χ3v) is 3.87. The molecule has 98 valence electrons. The van der Waals surface area contributed by atoms with Crippen LogP contribution in [0.25, 0.3) is 0 Å². The van der Waals surface area contributed by atoms with E-state index in [4.69, 9.17) is 16.8 Å². The Labute approximate surface area is 119 Å². The van der Waals surface area contributed by atoms with Crippen molar-refractivity contribution in [3.63, 3.8) is 0 Å². The minimum Gasteiger partial charge on any atom is -0.411 e. The second kappa shape index (κ2) is 5.86. The topological polar surface area (TPSA) is 61.7 Å². The van der Waals surface area contributed by atoms with E-state index in [1.165, 1.54) is 11.3 Å². The number of benzene rings is 1. The molecule has 19 heavy (non-hydrogen) atoms. The number of nitrogens with one attached hydrogen (secondary N) is 1. The molecule has 2 aromatic rings. The fourth-order valence-electron chi connectivity index (χ4n) is 1.50. The van der Waals surface area contributed by atoms with E-state index in [0.717, 1.165) is 5.56 Å². The van der Waals surface area contributed by atoms with Gasteiger partial charge in [0.15, 0.2) is 0 Å². The van der Waals surface area contributed by atoms with E-state index >= 15 is 0 Å². The van der Waals surface area contributed by atoms with Crippen LogP contribution in [0, 0.1) is 0 Å². The number of anilines is 1. The van der Waals surface area contributed by atoms with Crippen LogP contribution in [0.5, 0.6) is 0 Å². The van der Waals surface area contributed by atoms with Gasteiger partial charge in [-0.2, -0.15) is 0 Å². The van der Waals surface area contributed by atoms with E-state index in [1.54, 1.807) is 42.6 Å². The molecule has 1 amide bonds. The quantitative estimate of drug-likeness (QED) is 0.513. The Bertz CT molecular complexity index is 620. The lowest BCUT2D eigenvalue weighted by molar-refractivity contribution is 0.103. The normalized spacial score (nSPS) is 11.4. The van der Waals surface area contributed by atoms with Gasteiger partial charge in [-0.25, -0.2) is 0 Å². The van der Waals surface area contributed by atoms with Crippen LogP contribution in [0.3, 0.4) is 0 Å². The number of carbonyl (C=O) groups excluding carboxylic acids is 1. The van der Waals surface area contributed by atoms with Gasteiger partial charge in [0.1, 0.15) is 4.88 Å². The molecule has 1 aromatic heterocycles. The van der Waals surface area contributed by atoms with Gasteiger partial charge in [0.25, 0.3) is 5.91 Å². The lowest BCUT2D eigenvalue weighted by Gasteiger charge is -2.05. The summed E-state index contributed by atoms with van der Waals surface area (Å²) in [5.74, 6) is -0.236. The third-order valence-electron chi connectivity index (χ3n) is 2.53. The predicted molar refractivity (Wildman–Crippen MR) is 77.7 cm³/mol. The second-order valence-electron chi connectivity index (χ2n) is 3.81. The molecule has 2 N–H and O–H groups in total. The van der Waals surface area contributed by atoms with Crippen LogP contribution in [0.2, 0.25) is 5.02 Å². The molecule has 0 saturated carbocycles. The first kappa shape index (κ1) is 13.6. The lowest BCUT2D eigenvalue weighted by Crippen LogP contribution is -2.10. The summed E-state index contributed by atoms with van der Waals surface area (Å²) < 4.78 is 0. The van der Waals surface area contributed by atoms with Crippen molar-refractivity contribution < 1.29 is 10.0 Å². The van der Waals surface area contributed by atoms with E-state index < -0.39 is 0 Å². The number of carbonyl (C=O) groups is 1. The summed E-state index contributed by atoms with van der Waals surface area (Å²) in [6, 6.07) is 8.69. The largest absolute Gasteiger partial charge is 0.411 e. The van der Waals surface area contributed by atoms with Crippen molar-refractivity contribution in [3.05, 3.63) is 51.2 Å². The molecule has 0 radical (unpaired) electrons. The molecular formula is C13H11ClN2O2S. The van der Waals surface area contributed by atoms with Crippen molar-refractivity contribution in [3.8, 4) is 0 Å². The summed E-state index contributed by atoms with van der Waals surface area (Å²) in [6.07, 6.45) is 0. The maximum Gasteiger partial charge on any atom is 0.267 e. The Morgan fingerprint density at radius 3 is 2.53 bits per heavy atom. The van der Waals surface area contributed by atoms with Gasteiger partial charge in [0.05, 0.1) is 10.7 Å². The minimum absolute atomic E-state index is 0.236. The number of nitrogens with zero attached hydrogens (tertiary/aromatic N) is 1. The average molecular weight is 295 g/mol. The Morgan fingerprint density at radius 2 is 2.00 bits per heavy atom. The number of hydrogen-bond donors (Lipinski definition) is 2. The number of thiophene rings is 1. The van der Waals surface area contributed by atoms with Gasteiger partial charge in [0.2, 0.25) is 0 Å². The molecule has 0 aliphatic carbocycles. The standard InChI is InChI=1S/C13H11ClN2O2S/c1-8(16-18)9-2-4-10(5-3-9)15-13(17)12-11(14)6-7-19-12/h2-7,18H,1H3,(H,15,17)/b16-8-. The van der Waals surface area contributed by atoms with Crippen LogP contribution in [-0.2, 0) is 0 Å². The average Bonchev–Trinajstić information content (AvgIpc) is 2.85. The zero-order valence-corrected chi connectivity index (χ0v) is 11.6. The van der Waals surface area contributed by atoms with Crippen LogP contribution in [0.4, 0.5) is 5.69 Å². The van der Waals surface area contributed by atoms with E-state index in [1.807, 2.05) is 0 Å². The third kappa shape index (κ3) is 3.13. The number of rotatable bonds is 3. The molecular weight excluding hydrogens is 284 g/mol. The molecule has 0 aliphatic rings. The molecule has 0 bridgehead atoms. The highest BCUT2D eigenvalue weighted by Gasteiger charge is 2.11. The van der Waals surface area contributed by atoms with Crippen LogP contribution in [0.15, 0.2) is 40.9 Å². The highest BCUT2D eigenvalue weighted by atomic mass is 35.5. The first-order chi connectivity index (χ1) is 9.11. The Kier molecular flexibility index (Phi) is 4.19. The molecule has 1 aromatic carbocycles. The highest BCUT2D eigenvalue weighted by molar-refractivity contribution is 7.12. The van der Waals surface area contributed by atoms with Crippen molar-refractivity contribution in [2.24, 2.45) is 5.16 Å². The Morgan fingerprint density at radius 1 is 1.32 bits per heavy atom. The zero-order chi connectivity index (χ0) is 13.8. The lowest BCUT2D eigenvalue weighted by atomic mass is 10.1. The second-order valence-corrected chi connectivity index (χ2v) is 5.14. The predicted octanol–water partition coefficient (Wildman–Crippen LogP) is 3.85. The van der Waals surface area contributed by atoms with Crippen LogP contribution in [-0.4, -0.2) is 16.8 Å². The summed E-state index contributed by atoms with van der Waals surface area (Å²) >= 11 is 7.18. The van der Waals surface area contributed by atoms with Gasteiger partial charge < -0.3 is 10.5 Å². The molecule has 0 saturated heterocycles. The summed E-state index contributed by atoms with van der Waals surface area (Å²) in [7, 11) is 0.